The molecule has 0 aliphatic carbocycles. The Labute approximate surface area is 130 Å². The molecule has 0 bridgehead atoms. The van der Waals surface area contributed by atoms with Gasteiger partial charge in [0.1, 0.15) is 0 Å². The van der Waals surface area contributed by atoms with Crippen LogP contribution >= 0.6 is 15.9 Å². The second-order valence-electron chi connectivity index (χ2n) is 4.65. The first kappa shape index (κ1) is 16.9. The lowest BCUT2D eigenvalue weighted by Gasteiger charge is -2.15. The summed E-state index contributed by atoms with van der Waals surface area (Å²) in [7, 11) is 1.65. The maximum Gasteiger partial charge on any atom is 0.175 e. The van der Waals surface area contributed by atoms with Gasteiger partial charge < -0.3 is 14.8 Å². The number of hydrogen-bond acceptors (Lipinski definition) is 3. The first-order valence-corrected chi connectivity index (χ1v) is 7.57. The number of hydrogen-bond donors (Lipinski definition) is 1. The van der Waals surface area contributed by atoms with Crippen molar-refractivity contribution >= 4 is 15.9 Å². The highest BCUT2D eigenvalue weighted by atomic mass is 79.9. The summed E-state index contributed by atoms with van der Waals surface area (Å²) in [6, 6.07) is 4.33. The van der Waals surface area contributed by atoms with Gasteiger partial charge in [0.2, 0.25) is 0 Å². The molecule has 0 radical (unpaired) electrons. The minimum absolute atomic E-state index is 0.292. The van der Waals surface area contributed by atoms with Crippen LogP contribution in [0.15, 0.2) is 16.6 Å². The van der Waals surface area contributed by atoms with Crippen molar-refractivity contribution in [2.45, 2.75) is 39.3 Å². The average Bonchev–Trinajstić information content (AvgIpc) is 2.43. The van der Waals surface area contributed by atoms with E-state index in [9.17, 15) is 0 Å². The lowest BCUT2D eigenvalue weighted by atomic mass is 10.1. The minimum atomic E-state index is 0.292. The van der Waals surface area contributed by atoms with Gasteiger partial charge in [-0.1, -0.05) is 6.92 Å². The van der Waals surface area contributed by atoms with Crippen LogP contribution in [0.3, 0.4) is 0 Å². The standard InChI is InChI=1S/C16H22BrNO2/c1-5-7-12(3)18-11-13-9-14(17)16(20-8-6-2)15(10-13)19-4/h1,9-10,12,18H,6-8,11H2,2-4H3. The molecule has 0 aliphatic heterocycles. The normalized spacial score (nSPS) is 11.8. The highest BCUT2D eigenvalue weighted by molar-refractivity contribution is 9.10. The molecule has 0 fully saturated rings. The largest absolute Gasteiger partial charge is 0.493 e. The molecule has 0 saturated carbocycles. The van der Waals surface area contributed by atoms with Gasteiger partial charge in [0.05, 0.1) is 18.2 Å². The Morgan fingerprint density at radius 2 is 2.20 bits per heavy atom. The first-order chi connectivity index (χ1) is 9.62. The Hall–Kier alpha value is -1.18. The molecule has 0 heterocycles. The van der Waals surface area contributed by atoms with Crippen molar-refractivity contribution in [3.8, 4) is 23.8 Å². The number of halogens is 1. The molecule has 0 amide bonds. The summed E-state index contributed by atoms with van der Waals surface area (Å²) in [4.78, 5) is 0. The van der Waals surface area contributed by atoms with Crippen LogP contribution < -0.4 is 14.8 Å². The molecular weight excluding hydrogens is 318 g/mol. The van der Waals surface area contributed by atoms with Gasteiger partial charge >= 0.3 is 0 Å². The Balaban J connectivity index is 2.79. The number of ether oxygens (including phenoxy) is 2. The SMILES string of the molecule is C#CCC(C)NCc1cc(Br)c(OCCC)c(OC)c1. The Morgan fingerprint density at radius 1 is 1.45 bits per heavy atom. The number of methoxy groups -OCH3 is 1. The highest BCUT2D eigenvalue weighted by Crippen LogP contribution is 2.36. The van der Waals surface area contributed by atoms with E-state index >= 15 is 0 Å². The Bertz CT molecular complexity index is 468. The zero-order valence-corrected chi connectivity index (χ0v) is 13.9. The fourth-order valence-corrected chi connectivity index (χ4v) is 2.36. The Kier molecular flexibility index (Phi) is 7.50. The van der Waals surface area contributed by atoms with Gasteiger partial charge in [0.25, 0.3) is 0 Å². The van der Waals surface area contributed by atoms with Gasteiger partial charge in [-0.15, -0.1) is 12.3 Å². The van der Waals surface area contributed by atoms with E-state index in [1.54, 1.807) is 7.11 Å². The smallest absolute Gasteiger partial charge is 0.175 e. The summed E-state index contributed by atoms with van der Waals surface area (Å²) in [6.45, 7) is 5.56. The third-order valence-electron chi connectivity index (χ3n) is 2.82. The van der Waals surface area contributed by atoms with Gasteiger partial charge in [-0.2, -0.15) is 0 Å². The van der Waals surface area contributed by atoms with E-state index in [1.807, 2.05) is 12.1 Å². The molecule has 1 atom stereocenters. The molecule has 20 heavy (non-hydrogen) atoms. The van der Waals surface area contributed by atoms with Crippen LogP contribution in [-0.2, 0) is 6.54 Å². The van der Waals surface area contributed by atoms with Crippen LogP contribution in [-0.4, -0.2) is 19.8 Å². The summed E-state index contributed by atoms with van der Waals surface area (Å²) < 4.78 is 12.0. The molecule has 0 aliphatic rings. The molecule has 1 aromatic carbocycles. The lowest BCUT2D eigenvalue weighted by Crippen LogP contribution is -2.24. The summed E-state index contributed by atoms with van der Waals surface area (Å²) >= 11 is 3.54. The zero-order valence-electron chi connectivity index (χ0n) is 12.3. The van der Waals surface area contributed by atoms with E-state index in [0.29, 0.717) is 12.6 Å². The molecule has 110 valence electrons. The summed E-state index contributed by atoms with van der Waals surface area (Å²) in [5.74, 6) is 4.16. The summed E-state index contributed by atoms with van der Waals surface area (Å²) in [6.07, 6.45) is 6.98. The van der Waals surface area contributed by atoms with Gasteiger partial charge in [-0.25, -0.2) is 0 Å². The van der Waals surface area contributed by atoms with Gasteiger partial charge in [-0.05, 0) is 47.0 Å². The van der Waals surface area contributed by atoms with E-state index in [-0.39, 0.29) is 0 Å². The van der Waals surface area contributed by atoms with Crippen molar-refractivity contribution in [3.05, 3.63) is 22.2 Å². The van der Waals surface area contributed by atoms with Crippen molar-refractivity contribution in [2.24, 2.45) is 0 Å². The van der Waals surface area contributed by atoms with Crippen molar-refractivity contribution in [1.29, 1.82) is 0 Å². The minimum Gasteiger partial charge on any atom is -0.493 e. The number of terminal acetylenes is 1. The van der Waals surface area contributed by atoms with Crippen molar-refractivity contribution in [2.75, 3.05) is 13.7 Å². The average molecular weight is 340 g/mol. The molecule has 1 unspecified atom stereocenters. The maximum absolute atomic E-state index is 5.71. The van der Waals surface area contributed by atoms with Crippen LogP contribution in [0.5, 0.6) is 11.5 Å². The third kappa shape index (κ3) is 5.07. The first-order valence-electron chi connectivity index (χ1n) is 6.78. The quantitative estimate of drug-likeness (QED) is 0.731. The predicted octanol–water partition coefficient (Wildman–Crippen LogP) is 3.75. The van der Waals surface area contributed by atoms with E-state index in [1.165, 1.54) is 0 Å². The van der Waals surface area contributed by atoms with Crippen molar-refractivity contribution in [1.82, 2.24) is 5.32 Å². The van der Waals surface area contributed by atoms with Crippen molar-refractivity contribution in [3.63, 3.8) is 0 Å². The van der Waals surface area contributed by atoms with Crippen LogP contribution in [0.2, 0.25) is 0 Å². The Morgan fingerprint density at radius 3 is 2.80 bits per heavy atom. The molecule has 1 N–H and O–H groups in total. The second-order valence-corrected chi connectivity index (χ2v) is 5.50. The molecule has 3 nitrogen and oxygen atoms in total. The summed E-state index contributed by atoms with van der Waals surface area (Å²) in [5.41, 5.74) is 1.13. The molecular formula is C16H22BrNO2. The number of benzene rings is 1. The van der Waals surface area contributed by atoms with Crippen LogP contribution in [0, 0.1) is 12.3 Å². The summed E-state index contributed by atoms with van der Waals surface area (Å²) in [5, 5.41) is 3.38. The van der Waals surface area contributed by atoms with Crippen molar-refractivity contribution < 1.29 is 9.47 Å². The van der Waals surface area contributed by atoms with Gasteiger partial charge in [0, 0.05) is 19.0 Å². The number of nitrogens with one attached hydrogen (secondary N) is 1. The van der Waals surface area contributed by atoms with Crippen LogP contribution in [0.25, 0.3) is 0 Å². The lowest BCUT2D eigenvalue weighted by molar-refractivity contribution is 0.292. The van der Waals surface area contributed by atoms with Crippen LogP contribution in [0.4, 0.5) is 0 Å². The molecule has 0 saturated heterocycles. The van der Waals surface area contributed by atoms with Gasteiger partial charge in [0.15, 0.2) is 11.5 Å². The zero-order chi connectivity index (χ0) is 15.0. The van der Waals surface area contributed by atoms with Gasteiger partial charge in [-0.3, -0.25) is 0 Å². The monoisotopic (exact) mass is 339 g/mol. The van der Waals surface area contributed by atoms with Crippen LogP contribution in [0.1, 0.15) is 32.3 Å². The molecule has 0 aromatic heterocycles. The van der Waals surface area contributed by atoms with E-state index < -0.39 is 0 Å². The fraction of sp³-hybridized carbons (Fsp3) is 0.500. The third-order valence-corrected chi connectivity index (χ3v) is 3.41. The molecule has 4 heteroatoms. The maximum atomic E-state index is 5.71. The fourth-order valence-electron chi connectivity index (χ4n) is 1.76. The highest BCUT2D eigenvalue weighted by Gasteiger charge is 2.12. The van der Waals surface area contributed by atoms with E-state index in [2.05, 4.69) is 41.0 Å². The molecule has 1 aromatic rings. The van der Waals surface area contributed by atoms with E-state index in [4.69, 9.17) is 15.9 Å². The predicted molar refractivity (Wildman–Crippen MR) is 86.2 cm³/mol. The van der Waals surface area contributed by atoms with E-state index in [0.717, 1.165) is 40.9 Å². The topological polar surface area (TPSA) is 30.5 Å². The molecule has 0 spiro atoms. The second kappa shape index (κ2) is 8.89. The molecule has 1 rings (SSSR count). The number of rotatable bonds is 8.